The molecule has 0 saturated carbocycles. The molecule has 6 heteroatoms. The average molecular weight is 386 g/mol. The summed E-state index contributed by atoms with van der Waals surface area (Å²) in [6.07, 6.45) is 0.958. The van der Waals surface area contributed by atoms with Crippen LogP contribution in [0.5, 0.6) is 0 Å². The number of imidazole rings is 1. The first-order valence-electron chi connectivity index (χ1n) is 9.17. The van der Waals surface area contributed by atoms with Crippen LogP contribution in [0.15, 0.2) is 48.5 Å². The average Bonchev–Trinajstić information content (AvgIpc) is 2.99. The van der Waals surface area contributed by atoms with E-state index in [2.05, 4.69) is 9.88 Å². The smallest absolute Gasteiger partial charge is 0.220 e. The monoisotopic (exact) mass is 385 g/mol. The fraction of sp³-hybridized carbons (Fsp3) is 0.333. The highest BCUT2D eigenvalue weighted by atomic mass is 35.5. The Kier molecular flexibility index (Phi) is 6.48. The molecule has 142 valence electrons. The van der Waals surface area contributed by atoms with Gasteiger partial charge in [-0.3, -0.25) is 4.79 Å². The molecule has 5 nitrogen and oxygen atoms in total. The molecule has 2 N–H and O–H groups in total. The SMILES string of the molecule is C[C@@H](O)CCC(=O)NCCc1nc2ccccc2n1Cc1ccccc1Cl. The topological polar surface area (TPSA) is 67.2 Å². The number of hydrogen-bond acceptors (Lipinski definition) is 3. The summed E-state index contributed by atoms with van der Waals surface area (Å²) in [4.78, 5) is 16.6. The van der Waals surface area contributed by atoms with Crippen LogP contribution in [0.4, 0.5) is 0 Å². The molecule has 3 aromatic rings. The molecule has 0 saturated heterocycles. The van der Waals surface area contributed by atoms with Gasteiger partial charge in [-0.2, -0.15) is 0 Å². The van der Waals surface area contributed by atoms with Crippen molar-refractivity contribution in [3.63, 3.8) is 0 Å². The quantitative estimate of drug-likeness (QED) is 0.623. The lowest BCUT2D eigenvalue weighted by Gasteiger charge is -2.11. The maximum atomic E-state index is 11.9. The third kappa shape index (κ3) is 5.08. The van der Waals surface area contributed by atoms with Crippen molar-refractivity contribution in [2.24, 2.45) is 0 Å². The Morgan fingerprint density at radius 3 is 2.74 bits per heavy atom. The molecule has 0 bridgehead atoms. The molecule has 0 radical (unpaired) electrons. The zero-order chi connectivity index (χ0) is 19.2. The maximum absolute atomic E-state index is 11.9. The van der Waals surface area contributed by atoms with E-state index in [0.717, 1.165) is 27.4 Å². The molecular weight excluding hydrogens is 362 g/mol. The molecule has 1 amide bonds. The predicted octanol–water partition coefficient (Wildman–Crippen LogP) is 3.56. The van der Waals surface area contributed by atoms with E-state index in [1.165, 1.54) is 0 Å². The summed E-state index contributed by atoms with van der Waals surface area (Å²) >= 11 is 6.34. The highest BCUT2D eigenvalue weighted by molar-refractivity contribution is 6.31. The molecule has 0 fully saturated rings. The second kappa shape index (κ2) is 9.02. The predicted molar refractivity (Wildman–Crippen MR) is 108 cm³/mol. The number of fused-ring (bicyclic) bond motifs is 1. The molecule has 27 heavy (non-hydrogen) atoms. The van der Waals surface area contributed by atoms with Gasteiger partial charge in [0, 0.05) is 24.4 Å². The Balaban J connectivity index is 1.75. The van der Waals surface area contributed by atoms with Gasteiger partial charge < -0.3 is 15.0 Å². The number of amides is 1. The zero-order valence-electron chi connectivity index (χ0n) is 15.4. The molecular formula is C21H24ClN3O2. The van der Waals surface area contributed by atoms with Crippen molar-refractivity contribution in [1.29, 1.82) is 0 Å². The van der Waals surface area contributed by atoms with Crippen LogP contribution < -0.4 is 5.32 Å². The van der Waals surface area contributed by atoms with E-state index in [1.54, 1.807) is 6.92 Å². The van der Waals surface area contributed by atoms with Crippen LogP contribution in [0.25, 0.3) is 11.0 Å². The maximum Gasteiger partial charge on any atom is 0.220 e. The van der Waals surface area contributed by atoms with Crippen LogP contribution in [0.1, 0.15) is 31.2 Å². The van der Waals surface area contributed by atoms with Crippen molar-refractivity contribution >= 4 is 28.5 Å². The zero-order valence-corrected chi connectivity index (χ0v) is 16.1. The van der Waals surface area contributed by atoms with Crippen LogP contribution >= 0.6 is 11.6 Å². The van der Waals surface area contributed by atoms with Gasteiger partial charge in [0.05, 0.1) is 23.7 Å². The number of hydrogen-bond donors (Lipinski definition) is 2. The number of aliphatic hydroxyl groups excluding tert-OH is 1. The Labute approximate surface area is 164 Å². The van der Waals surface area contributed by atoms with Crippen LogP contribution in [0, 0.1) is 0 Å². The molecule has 0 aliphatic heterocycles. The standard InChI is InChI=1S/C21H24ClN3O2/c1-15(26)10-11-21(27)23-13-12-20-24-18-8-4-5-9-19(18)25(20)14-16-6-2-3-7-17(16)22/h2-9,15,26H,10-14H2,1H3,(H,23,27)/t15-/m1/s1. The van der Waals surface area contributed by atoms with Gasteiger partial charge in [0.1, 0.15) is 5.82 Å². The van der Waals surface area contributed by atoms with E-state index in [1.807, 2.05) is 48.5 Å². The number of aliphatic hydroxyl groups is 1. The normalized spacial score (nSPS) is 12.3. The van der Waals surface area contributed by atoms with E-state index in [0.29, 0.717) is 32.4 Å². The van der Waals surface area contributed by atoms with Gasteiger partial charge in [0.2, 0.25) is 5.91 Å². The van der Waals surface area contributed by atoms with E-state index in [-0.39, 0.29) is 5.91 Å². The summed E-state index contributed by atoms with van der Waals surface area (Å²) in [5.74, 6) is 0.858. The van der Waals surface area contributed by atoms with Crippen molar-refractivity contribution in [2.75, 3.05) is 6.54 Å². The second-order valence-corrected chi connectivity index (χ2v) is 7.09. The molecule has 0 aliphatic carbocycles. The van der Waals surface area contributed by atoms with Gasteiger partial charge in [-0.05, 0) is 37.1 Å². The largest absolute Gasteiger partial charge is 0.393 e. The molecule has 0 unspecified atom stereocenters. The molecule has 0 spiro atoms. The Hall–Kier alpha value is -2.37. The second-order valence-electron chi connectivity index (χ2n) is 6.68. The number of carbonyl (C=O) groups is 1. The number of rotatable bonds is 8. The van der Waals surface area contributed by atoms with Crippen LogP contribution in [-0.2, 0) is 17.8 Å². The molecule has 2 aromatic carbocycles. The summed E-state index contributed by atoms with van der Waals surface area (Å²) in [6, 6.07) is 15.8. The van der Waals surface area contributed by atoms with Gasteiger partial charge in [-0.1, -0.05) is 41.9 Å². The minimum Gasteiger partial charge on any atom is -0.393 e. The summed E-state index contributed by atoms with van der Waals surface area (Å²) in [5, 5.41) is 12.9. The first-order chi connectivity index (χ1) is 13.0. The summed E-state index contributed by atoms with van der Waals surface area (Å²) in [6.45, 7) is 2.82. The number of aromatic nitrogens is 2. The van der Waals surface area contributed by atoms with Crippen molar-refractivity contribution in [2.45, 2.75) is 38.8 Å². The molecule has 3 rings (SSSR count). The number of nitrogens with zero attached hydrogens (tertiary/aromatic N) is 2. The number of carbonyl (C=O) groups excluding carboxylic acids is 1. The lowest BCUT2D eigenvalue weighted by Crippen LogP contribution is -2.27. The summed E-state index contributed by atoms with van der Waals surface area (Å²) < 4.78 is 2.15. The first-order valence-corrected chi connectivity index (χ1v) is 9.54. The van der Waals surface area contributed by atoms with Crippen LogP contribution in [-0.4, -0.2) is 33.2 Å². The fourth-order valence-electron chi connectivity index (χ4n) is 3.03. The third-order valence-corrected chi connectivity index (χ3v) is 4.85. The highest BCUT2D eigenvalue weighted by Crippen LogP contribution is 2.22. The molecule has 1 heterocycles. The van der Waals surface area contributed by atoms with Crippen molar-refractivity contribution in [3.8, 4) is 0 Å². The lowest BCUT2D eigenvalue weighted by atomic mass is 10.2. The highest BCUT2D eigenvalue weighted by Gasteiger charge is 2.12. The summed E-state index contributed by atoms with van der Waals surface area (Å²) in [5.41, 5.74) is 3.01. The molecule has 1 aromatic heterocycles. The van der Waals surface area contributed by atoms with Gasteiger partial charge >= 0.3 is 0 Å². The van der Waals surface area contributed by atoms with Gasteiger partial charge in [-0.15, -0.1) is 0 Å². The van der Waals surface area contributed by atoms with E-state index < -0.39 is 6.10 Å². The van der Waals surface area contributed by atoms with E-state index in [9.17, 15) is 9.90 Å². The minimum absolute atomic E-state index is 0.0512. The van der Waals surface area contributed by atoms with Crippen molar-refractivity contribution in [1.82, 2.24) is 14.9 Å². The van der Waals surface area contributed by atoms with Gasteiger partial charge in [-0.25, -0.2) is 4.98 Å². The minimum atomic E-state index is -0.462. The first kappa shape index (κ1) is 19.4. The number of nitrogens with one attached hydrogen (secondary N) is 1. The van der Waals surface area contributed by atoms with Gasteiger partial charge in [0.25, 0.3) is 0 Å². The Morgan fingerprint density at radius 2 is 1.96 bits per heavy atom. The van der Waals surface area contributed by atoms with Crippen molar-refractivity contribution < 1.29 is 9.90 Å². The molecule has 1 atom stereocenters. The van der Waals surface area contributed by atoms with Crippen molar-refractivity contribution in [3.05, 3.63) is 64.9 Å². The number of para-hydroxylation sites is 2. The van der Waals surface area contributed by atoms with Crippen LogP contribution in [0.3, 0.4) is 0 Å². The molecule has 0 aliphatic rings. The third-order valence-electron chi connectivity index (χ3n) is 4.48. The lowest BCUT2D eigenvalue weighted by molar-refractivity contribution is -0.121. The van der Waals surface area contributed by atoms with E-state index >= 15 is 0 Å². The van der Waals surface area contributed by atoms with E-state index in [4.69, 9.17) is 16.6 Å². The van der Waals surface area contributed by atoms with Gasteiger partial charge in [0.15, 0.2) is 0 Å². The fourth-order valence-corrected chi connectivity index (χ4v) is 3.23. The number of halogens is 1. The Bertz CT molecular complexity index is 921. The van der Waals surface area contributed by atoms with Crippen LogP contribution in [0.2, 0.25) is 5.02 Å². The summed E-state index contributed by atoms with van der Waals surface area (Å²) in [7, 11) is 0. The Morgan fingerprint density at radius 1 is 1.22 bits per heavy atom. The number of benzene rings is 2.